The molecule has 284 valence electrons. The summed E-state index contributed by atoms with van der Waals surface area (Å²) in [4.78, 5) is 4.72. The van der Waals surface area contributed by atoms with Crippen molar-refractivity contribution in [2.75, 3.05) is 9.80 Å². The molecule has 0 aliphatic carbocycles. The van der Waals surface area contributed by atoms with E-state index in [0.29, 0.717) is 0 Å². The summed E-state index contributed by atoms with van der Waals surface area (Å²) in [5.41, 5.74) is 13.8. The molecule has 2 nitrogen and oxygen atoms in total. The summed E-state index contributed by atoms with van der Waals surface area (Å²) >= 11 is 0. The minimum atomic E-state index is 1.12. The molecule has 10 rings (SSSR count). The van der Waals surface area contributed by atoms with Crippen molar-refractivity contribution in [3.8, 4) is 22.3 Å². The maximum absolute atomic E-state index is 2.36. The van der Waals surface area contributed by atoms with Gasteiger partial charge in [-0.3, -0.25) is 0 Å². The first-order valence-corrected chi connectivity index (χ1v) is 20.5. The minimum Gasteiger partial charge on any atom is -0.310 e. The van der Waals surface area contributed by atoms with E-state index in [1.54, 1.807) is 0 Å². The van der Waals surface area contributed by atoms with Crippen molar-refractivity contribution in [3.63, 3.8) is 0 Å². The van der Waals surface area contributed by atoms with Crippen LogP contribution in [0.4, 0.5) is 34.1 Å². The molecule has 0 atom stereocenters. The van der Waals surface area contributed by atoms with Crippen molar-refractivity contribution in [1.82, 2.24) is 0 Å². The highest BCUT2D eigenvalue weighted by molar-refractivity contribution is 5.96. The van der Waals surface area contributed by atoms with E-state index >= 15 is 0 Å². The fraction of sp³-hybridized carbons (Fsp3) is 0. The molecule has 0 aromatic heterocycles. The fourth-order valence-electron chi connectivity index (χ4n) is 8.25. The molecule has 0 spiro atoms. The number of hydrogen-bond acceptors (Lipinski definition) is 2. The lowest BCUT2D eigenvalue weighted by atomic mass is 10.0. The highest BCUT2D eigenvalue weighted by Gasteiger charge is 2.19. The van der Waals surface area contributed by atoms with Crippen molar-refractivity contribution in [3.05, 3.63) is 254 Å². The highest BCUT2D eigenvalue weighted by Crippen LogP contribution is 2.43. The highest BCUT2D eigenvalue weighted by atomic mass is 15.1. The number of benzene rings is 10. The Bertz CT molecular complexity index is 2870. The lowest BCUT2D eigenvalue weighted by Gasteiger charge is -2.28. The molecule has 60 heavy (non-hydrogen) atoms. The van der Waals surface area contributed by atoms with E-state index in [0.717, 1.165) is 45.3 Å². The van der Waals surface area contributed by atoms with Crippen molar-refractivity contribution in [2.45, 2.75) is 0 Å². The van der Waals surface area contributed by atoms with Gasteiger partial charge in [-0.15, -0.1) is 0 Å². The molecule has 0 fully saturated rings. The monoisotopic (exact) mass is 766 g/mol. The first kappa shape index (κ1) is 36.4. The van der Waals surface area contributed by atoms with Gasteiger partial charge in [0.05, 0.1) is 11.4 Å². The molecule has 2 heteroatoms. The van der Waals surface area contributed by atoms with Crippen LogP contribution in [0.15, 0.2) is 243 Å². The third-order valence-electron chi connectivity index (χ3n) is 11.2. The minimum absolute atomic E-state index is 1.12. The summed E-state index contributed by atoms with van der Waals surface area (Å²) in [6, 6.07) is 86.9. The van der Waals surface area contributed by atoms with Gasteiger partial charge < -0.3 is 9.80 Å². The van der Waals surface area contributed by atoms with Gasteiger partial charge in [0.2, 0.25) is 0 Å². The van der Waals surface area contributed by atoms with E-state index in [4.69, 9.17) is 0 Å². The van der Waals surface area contributed by atoms with Gasteiger partial charge in [-0.05, 0) is 117 Å². The van der Waals surface area contributed by atoms with Crippen LogP contribution < -0.4 is 9.80 Å². The lowest BCUT2D eigenvalue weighted by Crippen LogP contribution is -2.11. The Balaban J connectivity index is 0.941. The zero-order valence-corrected chi connectivity index (χ0v) is 33.1. The van der Waals surface area contributed by atoms with E-state index < -0.39 is 0 Å². The van der Waals surface area contributed by atoms with Gasteiger partial charge in [-0.25, -0.2) is 0 Å². The smallest absolute Gasteiger partial charge is 0.0540 e. The van der Waals surface area contributed by atoms with Crippen LogP contribution in [0.1, 0.15) is 11.1 Å². The summed E-state index contributed by atoms with van der Waals surface area (Å²) in [5, 5.41) is 4.79. The average molecular weight is 767 g/mol. The predicted molar refractivity (Wildman–Crippen MR) is 257 cm³/mol. The van der Waals surface area contributed by atoms with Gasteiger partial charge >= 0.3 is 0 Å². The molecule has 0 saturated heterocycles. The van der Waals surface area contributed by atoms with Crippen LogP contribution in [0.25, 0.3) is 56.0 Å². The summed E-state index contributed by atoms with van der Waals surface area (Å²) in [6.45, 7) is 0. The Kier molecular flexibility index (Phi) is 10.0. The van der Waals surface area contributed by atoms with E-state index in [9.17, 15) is 0 Å². The van der Waals surface area contributed by atoms with Gasteiger partial charge in [0, 0.05) is 33.9 Å². The van der Waals surface area contributed by atoms with E-state index in [1.165, 1.54) is 43.8 Å². The molecule has 0 heterocycles. The van der Waals surface area contributed by atoms with Gasteiger partial charge in [0.25, 0.3) is 0 Å². The number of hydrogen-bond donors (Lipinski definition) is 0. The Labute approximate surface area is 352 Å². The lowest BCUT2D eigenvalue weighted by molar-refractivity contribution is 1.29. The Morgan fingerprint density at radius 2 is 0.583 bits per heavy atom. The normalized spacial score (nSPS) is 11.3. The molecule has 0 bridgehead atoms. The maximum Gasteiger partial charge on any atom is 0.0540 e. The van der Waals surface area contributed by atoms with Gasteiger partial charge in [0.15, 0.2) is 0 Å². The summed E-state index contributed by atoms with van der Waals surface area (Å²) in [5.74, 6) is 0. The fourth-order valence-corrected chi connectivity index (χ4v) is 8.25. The molecule has 0 amide bonds. The SMILES string of the molecule is C(=Cc1ccc2cc(N(c3ccccc3)c3ccccc3-c3ccccc3)ccc2c1)c1ccc2cc(N(c3ccccc3)c3ccccc3-c3ccccc3)ccc2c1. The molecular weight excluding hydrogens is 725 g/mol. The van der Waals surface area contributed by atoms with Crippen molar-refractivity contribution >= 4 is 67.8 Å². The summed E-state index contributed by atoms with van der Waals surface area (Å²) < 4.78 is 0. The molecule has 0 radical (unpaired) electrons. The maximum atomic E-state index is 2.36. The second-order valence-corrected chi connectivity index (χ2v) is 15.0. The Morgan fingerprint density at radius 1 is 0.250 bits per heavy atom. The molecule has 0 aliphatic heterocycles. The Hall–Kier alpha value is -7.94. The number of rotatable bonds is 10. The summed E-state index contributed by atoms with van der Waals surface area (Å²) in [7, 11) is 0. The molecule has 10 aromatic rings. The van der Waals surface area contributed by atoms with Crippen LogP contribution >= 0.6 is 0 Å². The number of para-hydroxylation sites is 4. The number of fused-ring (bicyclic) bond motifs is 2. The van der Waals surface area contributed by atoms with Gasteiger partial charge in [-0.2, -0.15) is 0 Å². The number of nitrogens with zero attached hydrogens (tertiary/aromatic N) is 2. The first-order chi connectivity index (χ1) is 29.7. The molecule has 0 N–H and O–H groups in total. The van der Waals surface area contributed by atoms with E-state index in [1.807, 2.05) is 0 Å². The van der Waals surface area contributed by atoms with Crippen LogP contribution in [-0.4, -0.2) is 0 Å². The zero-order chi connectivity index (χ0) is 40.1. The predicted octanol–water partition coefficient (Wildman–Crippen LogP) is 16.4. The second-order valence-electron chi connectivity index (χ2n) is 15.0. The third-order valence-corrected chi connectivity index (χ3v) is 11.2. The van der Waals surface area contributed by atoms with Crippen LogP contribution in [0, 0.1) is 0 Å². The molecule has 0 aliphatic rings. The molecule has 0 saturated carbocycles. The van der Waals surface area contributed by atoms with Gasteiger partial charge in [0.1, 0.15) is 0 Å². The van der Waals surface area contributed by atoms with Crippen molar-refractivity contribution < 1.29 is 0 Å². The molecule has 10 aromatic carbocycles. The summed E-state index contributed by atoms with van der Waals surface area (Å²) in [6.07, 6.45) is 4.43. The largest absolute Gasteiger partial charge is 0.310 e. The van der Waals surface area contributed by atoms with Crippen molar-refractivity contribution in [1.29, 1.82) is 0 Å². The number of anilines is 6. The second kappa shape index (κ2) is 16.5. The topological polar surface area (TPSA) is 6.48 Å². The third kappa shape index (κ3) is 7.46. The standard InChI is InChI=1S/C58H42N2/c1-5-17-45(18-6-1)55-25-13-15-27-57(55)59(51-21-9-3-10-22-51)53-37-35-47-39-43(31-33-49(47)41-53)29-30-44-32-34-50-42-54(38-36-48(50)40-44)60(52-23-11-4-12-24-52)58-28-16-14-26-56(58)46-19-7-2-8-20-46/h1-42H. The Morgan fingerprint density at radius 3 is 1.00 bits per heavy atom. The van der Waals surface area contributed by atoms with Crippen LogP contribution in [-0.2, 0) is 0 Å². The van der Waals surface area contributed by atoms with E-state index in [2.05, 4.69) is 265 Å². The van der Waals surface area contributed by atoms with E-state index in [-0.39, 0.29) is 0 Å². The molecule has 0 unspecified atom stereocenters. The average Bonchev–Trinajstić information content (AvgIpc) is 3.32. The van der Waals surface area contributed by atoms with Crippen LogP contribution in [0.3, 0.4) is 0 Å². The van der Waals surface area contributed by atoms with Crippen LogP contribution in [0.2, 0.25) is 0 Å². The first-order valence-electron chi connectivity index (χ1n) is 20.5. The van der Waals surface area contributed by atoms with Gasteiger partial charge in [-0.1, -0.05) is 182 Å². The quantitative estimate of drug-likeness (QED) is 0.128. The molecular formula is C58H42N2. The zero-order valence-electron chi connectivity index (χ0n) is 33.1. The van der Waals surface area contributed by atoms with Crippen LogP contribution in [0.5, 0.6) is 0 Å². The van der Waals surface area contributed by atoms with Crippen molar-refractivity contribution in [2.24, 2.45) is 0 Å².